The summed E-state index contributed by atoms with van der Waals surface area (Å²) in [5.41, 5.74) is 1.08. The van der Waals surface area contributed by atoms with Crippen molar-refractivity contribution >= 4 is 6.03 Å². The summed E-state index contributed by atoms with van der Waals surface area (Å²) < 4.78 is 0. The molecule has 0 spiro atoms. The van der Waals surface area contributed by atoms with E-state index in [0.717, 1.165) is 5.56 Å². The standard InChI is InChI=1S/C11H11N3O/c12-6-7-14-8-10(13-11(14)15)9-4-2-1-3-5-9/h1-5,10H,7-8H2,(H,13,15). The van der Waals surface area contributed by atoms with Gasteiger partial charge < -0.3 is 10.2 Å². The van der Waals surface area contributed by atoms with Crippen molar-refractivity contribution < 1.29 is 4.79 Å². The average molecular weight is 201 g/mol. The van der Waals surface area contributed by atoms with Crippen molar-refractivity contribution in [2.45, 2.75) is 6.04 Å². The molecule has 1 heterocycles. The Hall–Kier alpha value is -2.02. The molecular weight excluding hydrogens is 190 g/mol. The molecule has 0 aromatic heterocycles. The monoisotopic (exact) mass is 201 g/mol. The van der Waals surface area contributed by atoms with Crippen molar-refractivity contribution in [3.63, 3.8) is 0 Å². The second kappa shape index (κ2) is 4.01. The van der Waals surface area contributed by atoms with Gasteiger partial charge in [0.1, 0.15) is 6.54 Å². The van der Waals surface area contributed by atoms with E-state index >= 15 is 0 Å². The van der Waals surface area contributed by atoms with E-state index in [1.807, 2.05) is 36.4 Å². The molecule has 0 aliphatic carbocycles. The Morgan fingerprint density at radius 3 is 2.87 bits per heavy atom. The van der Waals surface area contributed by atoms with E-state index in [0.29, 0.717) is 6.54 Å². The number of urea groups is 1. The van der Waals surface area contributed by atoms with Crippen molar-refractivity contribution in [3.05, 3.63) is 35.9 Å². The normalized spacial score (nSPS) is 19.8. The maximum absolute atomic E-state index is 11.4. The van der Waals surface area contributed by atoms with Crippen LogP contribution in [0.3, 0.4) is 0 Å². The highest BCUT2D eigenvalue weighted by molar-refractivity contribution is 5.77. The van der Waals surface area contributed by atoms with Gasteiger partial charge in [-0.2, -0.15) is 5.26 Å². The number of amides is 2. The topological polar surface area (TPSA) is 56.1 Å². The Morgan fingerprint density at radius 2 is 2.20 bits per heavy atom. The van der Waals surface area contributed by atoms with Gasteiger partial charge in [0, 0.05) is 6.54 Å². The molecule has 1 unspecified atom stereocenters. The predicted molar refractivity (Wildman–Crippen MR) is 54.9 cm³/mol. The van der Waals surface area contributed by atoms with Gasteiger partial charge in [-0.1, -0.05) is 30.3 Å². The minimum absolute atomic E-state index is 0.00653. The molecule has 1 aliphatic rings. The number of carbonyl (C=O) groups is 1. The summed E-state index contributed by atoms with van der Waals surface area (Å²) in [5, 5.41) is 11.4. The van der Waals surface area contributed by atoms with Gasteiger partial charge in [0.2, 0.25) is 0 Å². The summed E-state index contributed by atoms with van der Waals surface area (Å²) in [6.07, 6.45) is 0. The lowest BCUT2D eigenvalue weighted by atomic mass is 10.1. The molecular formula is C11H11N3O. The van der Waals surface area contributed by atoms with Gasteiger partial charge in [-0.25, -0.2) is 4.79 Å². The van der Waals surface area contributed by atoms with Crippen LogP contribution in [0.15, 0.2) is 30.3 Å². The molecule has 1 aromatic carbocycles. The summed E-state index contributed by atoms with van der Waals surface area (Å²) in [5.74, 6) is 0. The van der Waals surface area contributed by atoms with Gasteiger partial charge in [0.05, 0.1) is 12.1 Å². The van der Waals surface area contributed by atoms with E-state index in [4.69, 9.17) is 5.26 Å². The largest absolute Gasteiger partial charge is 0.329 e. The summed E-state index contributed by atoms with van der Waals surface area (Å²) in [6.45, 7) is 0.714. The van der Waals surface area contributed by atoms with Crippen LogP contribution in [0.25, 0.3) is 0 Å². The maximum atomic E-state index is 11.4. The van der Waals surface area contributed by atoms with Gasteiger partial charge in [0.15, 0.2) is 0 Å². The fourth-order valence-electron chi connectivity index (χ4n) is 1.69. The lowest BCUT2D eigenvalue weighted by Gasteiger charge is -2.10. The Labute approximate surface area is 88.1 Å². The number of nitriles is 1. The number of hydrogen-bond acceptors (Lipinski definition) is 2. The first-order chi connectivity index (χ1) is 7.31. The lowest BCUT2D eigenvalue weighted by molar-refractivity contribution is 0.222. The lowest BCUT2D eigenvalue weighted by Crippen LogP contribution is -2.28. The number of hydrogen-bond donors (Lipinski definition) is 1. The maximum Gasteiger partial charge on any atom is 0.318 e. The van der Waals surface area contributed by atoms with Crippen LogP contribution in [0.4, 0.5) is 4.79 Å². The highest BCUT2D eigenvalue weighted by Gasteiger charge is 2.28. The summed E-state index contributed by atoms with van der Waals surface area (Å²) in [7, 11) is 0. The zero-order valence-electron chi connectivity index (χ0n) is 8.18. The van der Waals surface area contributed by atoms with E-state index in [-0.39, 0.29) is 18.6 Å². The van der Waals surface area contributed by atoms with Crippen molar-refractivity contribution in [1.82, 2.24) is 10.2 Å². The number of rotatable bonds is 2. The molecule has 4 nitrogen and oxygen atoms in total. The minimum Gasteiger partial charge on any atom is -0.329 e. The molecule has 15 heavy (non-hydrogen) atoms. The van der Waals surface area contributed by atoms with Crippen LogP contribution in [-0.2, 0) is 0 Å². The molecule has 1 aromatic rings. The van der Waals surface area contributed by atoms with E-state index < -0.39 is 0 Å². The van der Waals surface area contributed by atoms with Gasteiger partial charge in [0.25, 0.3) is 0 Å². The third-order valence-corrected chi connectivity index (χ3v) is 2.45. The Morgan fingerprint density at radius 1 is 1.47 bits per heavy atom. The van der Waals surface area contributed by atoms with Crippen LogP contribution in [0, 0.1) is 11.3 Å². The Kier molecular flexibility index (Phi) is 2.55. The quantitative estimate of drug-likeness (QED) is 0.733. The van der Waals surface area contributed by atoms with Crippen molar-refractivity contribution in [2.75, 3.05) is 13.1 Å². The van der Waals surface area contributed by atoms with Gasteiger partial charge in [-0.15, -0.1) is 0 Å². The molecule has 0 bridgehead atoms. The van der Waals surface area contributed by atoms with Crippen LogP contribution in [0.1, 0.15) is 11.6 Å². The summed E-state index contributed by atoms with van der Waals surface area (Å²) >= 11 is 0. The van der Waals surface area contributed by atoms with Crippen molar-refractivity contribution in [3.8, 4) is 6.07 Å². The first-order valence-corrected chi connectivity index (χ1v) is 4.78. The van der Waals surface area contributed by atoms with Gasteiger partial charge >= 0.3 is 6.03 Å². The number of nitrogens with zero attached hydrogens (tertiary/aromatic N) is 2. The minimum atomic E-state index is -0.162. The molecule has 4 heteroatoms. The van der Waals surface area contributed by atoms with Crippen molar-refractivity contribution in [2.24, 2.45) is 0 Å². The van der Waals surface area contributed by atoms with Gasteiger partial charge in [-0.3, -0.25) is 0 Å². The number of benzene rings is 1. The van der Waals surface area contributed by atoms with Crippen LogP contribution in [0.2, 0.25) is 0 Å². The third kappa shape index (κ3) is 1.91. The third-order valence-electron chi connectivity index (χ3n) is 2.45. The van der Waals surface area contributed by atoms with Crippen LogP contribution in [0.5, 0.6) is 0 Å². The zero-order chi connectivity index (χ0) is 10.7. The van der Waals surface area contributed by atoms with E-state index in [2.05, 4.69) is 5.32 Å². The molecule has 76 valence electrons. The highest BCUT2D eigenvalue weighted by Crippen LogP contribution is 2.19. The van der Waals surface area contributed by atoms with Crippen LogP contribution in [-0.4, -0.2) is 24.0 Å². The van der Waals surface area contributed by atoms with E-state index in [1.165, 1.54) is 4.90 Å². The second-order valence-electron chi connectivity index (χ2n) is 3.45. The zero-order valence-corrected chi connectivity index (χ0v) is 8.18. The van der Waals surface area contributed by atoms with Crippen molar-refractivity contribution in [1.29, 1.82) is 5.26 Å². The molecule has 2 amide bonds. The van der Waals surface area contributed by atoms with Crippen LogP contribution < -0.4 is 5.32 Å². The van der Waals surface area contributed by atoms with Gasteiger partial charge in [-0.05, 0) is 5.56 Å². The van der Waals surface area contributed by atoms with E-state index in [9.17, 15) is 4.79 Å². The molecule has 1 atom stereocenters. The molecule has 1 aliphatic heterocycles. The number of carbonyl (C=O) groups excluding carboxylic acids is 1. The predicted octanol–water partition coefficient (Wildman–Crippen LogP) is 1.28. The first-order valence-electron chi connectivity index (χ1n) is 4.78. The average Bonchev–Trinajstić information content (AvgIpc) is 2.63. The van der Waals surface area contributed by atoms with E-state index in [1.54, 1.807) is 0 Å². The molecule has 0 saturated carbocycles. The Balaban J connectivity index is 2.10. The smallest absolute Gasteiger partial charge is 0.318 e. The number of nitrogens with one attached hydrogen (secondary N) is 1. The first kappa shape index (κ1) is 9.53. The SMILES string of the molecule is N#CCN1CC(c2ccccc2)NC1=O. The molecule has 2 rings (SSSR count). The fraction of sp³-hybridized carbons (Fsp3) is 0.273. The Bertz CT molecular complexity index is 396. The summed E-state index contributed by atoms with van der Waals surface area (Å²) in [4.78, 5) is 12.9. The fourth-order valence-corrected chi connectivity index (χ4v) is 1.69. The molecule has 1 fully saturated rings. The van der Waals surface area contributed by atoms with Crippen LogP contribution >= 0.6 is 0 Å². The highest BCUT2D eigenvalue weighted by atomic mass is 16.2. The molecule has 0 radical (unpaired) electrons. The molecule has 1 saturated heterocycles. The molecule has 1 N–H and O–H groups in total. The summed E-state index contributed by atoms with van der Waals surface area (Å²) in [6, 6.07) is 11.6. The second-order valence-corrected chi connectivity index (χ2v) is 3.45.